The van der Waals surface area contributed by atoms with Crippen molar-refractivity contribution >= 4 is 46.5 Å². The fourth-order valence-electron chi connectivity index (χ4n) is 5.83. The Morgan fingerprint density at radius 1 is 0.962 bits per heavy atom. The Hall–Kier alpha value is -5.31. The lowest BCUT2D eigenvalue weighted by atomic mass is 10.0. The van der Waals surface area contributed by atoms with Crippen LogP contribution in [0.4, 0.5) is 40.7 Å². The number of hydrogen-bond acceptors (Lipinski definition) is 7. The molecule has 0 saturated heterocycles. The molecule has 6 N–H and O–H groups in total. The molecule has 15 heteroatoms. The summed E-state index contributed by atoms with van der Waals surface area (Å²) in [7, 11) is 1.52. The number of ether oxygens (including phenoxy) is 1. The molecule has 0 aliphatic carbocycles. The number of urea groups is 1. The number of halogens is 3. The fourth-order valence-corrected chi connectivity index (χ4v) is 5.83. The van der Waals surface area contributed by atoms with Gasteiger partial charge >= 0.3 is 12.2 Å². The van der Waals surface area contributed by atoms with Gasteiger partial charge in [0.05, 0.1) is 42.6 Å². The number of carbonyl (C=O) groups excluding carboxylic acids is 4. The Balaban J connectivity index is 1.38. The molecular formula is C38H47F3N6O6. The van der Waals surface area contributed by atoms with Crippen LogP contribution in [0.15, 0.2) is 66.7 Å². The Morgan fingerprint density at radius 2 is 1.60 bits per heavy atom. The first-order valence-electron chi connectivity index (χ1n) is 17.5. The lowest BCUT2D eigenvalue weighted by Crippen LogP contribution is -2.48. The Morgan fingerprint density at radius 3 is 2.25 bits per heavy atom. The lowest BCUT2D eigenvalue weighted by Gasteiger charge is -2.34. The topological polar surface area (TPSA) is 166 Å². The first-order chi connectivity index (χ1) is 25.1. The SMILES string of the molecule is C[C@H](CO)N1C[C@H](C)[C@@H](CN(C)C(=O)Nc2ccc(C(F)(F)F)cc2)Oc2ccc(NC(=O)CCCCCC(=O)Nc3ccccc3N)cc2CC1=O. The molecular weight excluding hydrogens is 693 g/mol. The number of alkyl halides is 3. The zero-order valence-corrected chi connectivity index (χ0v) is 30.0. The number of amides is 5. The van der Waals surface area contributed by atoms with Crippen LogP contribution in [0.25, 0.3) is 0 Å². The minimum absolute atomic E-state index is 0.0586. The van der Waals surface area contributed by atoms with Gasteiger partial charge in [-0.25, -0.2) is 4.79 Å². The standard InChI is InChI=1S/C38H47F3N6O6/c1-24-21-47(25(2)23-48)36(51)20-26-19-29(43-34(49)11-5-4-6-12-35(50)45-31-10-8-7-9-30(31)42)17-18-32(26)53-33(24)22-46(3)37(52)44-28-15-13-27(14-16-28)38(39,40)41/h7-10,13-19,24-25,33,48H,4-6,11-12,20-23,42H2,1-3H3,(H,43,49)(H,44,52)(H,45,50)/t24-,25+,33+/m0/s1. The number of fused-ring (bicyclic) bond motifs is 1. The zero-order chi connectivity index (χ0) is 38.7. The molecule has 1 aliphatic rings. The second-order valence-corrected chi connectivity index (χ2v) is 13.3. The number of para-hydroxylation sites is 2. The monoisotopic (exact) mass is 740 g/mol. The predicted octanol–water partition coefficient (Wildman–Crippen LogP) is 6.13. The number of nitrogens with one attached hydrogen (secondary N) is 3. The number of likely N-dealkylation sites (N-methyl/N-ethyl adjacent to an activating group) is 1. The maximum atomic E-state index is 13.6. The van der Waals surface area contributed by atoms with Crippen molar-refractivity contribution in [3.63, 3.8) is 0 Å². The average Bonchev–Trinajstić information content (AvgIpc) is 3.15. The van der Waals surface area contributed by atoms with Crippen molar-refractivity contribution in [2.24, 2.45) is 5.92 Å². The van der Waals surface area contributed by atoms with Crippen molar-refractivity contribution in [3.05, 3.63) is 77.9 Å². The summed E-state index contributed by atoms with van der Waals surface area (Å²) >= 11 is 0. The van der Waals surface area contributed by atoms with E-state index in [9.17, 15) is 37.5 Å². The number of aliphatic hydroxyl groups is 1. The molecule has 3 atom stereocenters. The second kappa shape index (κ2) is 18.4. The third-order valence-corrected chi connectivity index (χ3v) is 9.01. The summed E-state index contributed by atoms with van der Waals surface area (Å²) < 4.78 is 45.4. The van der Waals surface area contributed by atoms with E-state index in [-0.39, 0.29) is 61.9 Å². The van der Waals surface area contributed by atoms with E-state index in [1.54, 1.807) is 54.3 Å². The quantitative estimate of drug-likeness (QED) is 0.104. The van der Waals surface area contributed by atoms with Gasteiger partial charge in [0.2, 0.25) is 17.7 Å². The molecule has 0 radical (unpaired) electrons. The number of nitrogen functional groups attached to an aromatic ring is 1. The van der Waals surface area contributed by atoms with Crippen LogP contribution in [0.1, 0.15) is 57.1 Å². The smallest absolute Gasteiger partial charge is 0.416 e. The molecule has 0 bridgehead atoms. The van der Waals surface area contributed by atoms with Crippen molar-refractivity contribution in [3.8, 4) is 5.75 Å². The van der Waals surface area contributed by atoms with Crippen LogP contribution in [-0.2, 0) is 27.0 Å². The van der Waals surface area contributed by atoms with E-state index in [1.165, 1.54) is 24.1 Å². The van der Waals surface area contributed by atoms with Crippen LogP contribution >= 0.6 is 0 Å². The third kappa shape index (κ3) is 11.9. The lowest BCUT2D eigenvalue weighted by molar-refractivity contribution is -0.137. The largest absolute Gasteiger partial charge is 0.488 e. The normalized spacial score (nSPS) is 16.6. The molecule has 1 heterocycles. The molecule has 0 unspecified atom stereocenters. The minimum Gasteiger partial charge on any atom is -0.488 e. The number of aliphatic hydroxyl groups excluding tert-OH is 1. The van der Waals surface area contributed by atoms with Gasteiger partial charge in [-0.2, -0.15) is 13.2 Å². The molecule has 12 nitrogen and oxygen atoms in total. The van der Waals surface area contributed by atoms with Gasteiger partial charge in [-0.05, 0) is 74.4 Å². The van der Waals surface area contributed by atoms with E-state index in [4.69, 9.17) is 10.5 Å². The number of benzene rings is 3. The van der Waals surface area contributed by atoms with E-state index in [0.29, 0.717) is 54.1 Å². The number of nitrogens with two attached hydrogens (primary N) is 1. The second-order valence-electron chi connectivity index (χ2n) is 13.3. The summed E-state index contributed by atoms with van der Waals surface area (Å²) in [4.78, 5) is 54.6. The summed E-state index contributed by atoms with van der Waals surface area (Å²) in [5.74, 6) is -0.567. The highest BCUT2D eigenvalue weighted by molar-refractivity contribution is 5.94. The first kappa shape index (κ1) is 40.5. The Bertz CT molecular complexity index is 1740. The molecule has 1 aliphatic heterocycles. The Labute approximate surface area is 306 Å². The van der Waals surface area contributed by atoms with E-state index >= 15 is 0 Å². The predicted molar refractivity (Wildman–Crippen MR) is 196 cm³/mol. The Kier molecular flexibility index (Phi) is 14.1. The molecule has 3 aromatic carbocycles. The molecule has 0 spiro atoms. The van der Waals surface area contributed by atoms with Crippen LogP contribution in [-0.4, -0.2) is 77.5 Å². The van der Waals surface area contributed by atoms with Gasteiger partial charge in [-0.15, -0.1) is 0 Å². The summed E-state index contributed by atoms with van der Waals surface area (Å²) in [6, 6.07) is 15.0. The number of carbonyl (C=O) groups is 4. The van der Waals surface area contributed by atoms with Gasteiger partial charge in [0.15, 0.2) is 0 Å². The summed E-state index contributed by atoms with van der Waals surface area (Å²) in [6.45, 7) is 3.60. The van der Waals surface area contributed by atoms with E-state index in [0.717, 1.165) is 12.1 Å². The van der Waals surface area contributed by atoms with E-state index in [2.05, 4.69) is 16.0 Å². The number of rotatable bonds is 13. The van der Waals surface area contributed by atoms with Crippen LogP contribution in [0, 0.1) is 5.92 Å². The van der Waals surface area contributed by atoms with Crippen LogP contribution in [0.3, 0.4) is 0 Å². The highest BCUT2D eigenvalue weighted by atomic mass is 19.4. The highest BCUT2D eigenvalue weighted by Crippen LogP contribution is 2.31. The maximum Gasteiger partial charge on any atom is 0.416 e. The minimum atomic E-state index is -4.50. The molecule has 5 amide bonds. The third-order valence-electron chi connectivity index (χ3n) is 9.01. The number of nitrogens with zero attached hydrogens (tertiary/aromatic N) is 2. The van der Waals surface area contributed by atoms with Crippen molar-refractivity contribution in [2.75, 3.05) is 48.4 Å². The zero-order valence-electron chi connectivity index (χ0n) is 30.0. The van der Waals surface area contributed by atoms with Gasteiger partial charge in [-0.1, -0.05) is 25.5 Å². The summed E-state index contributed by atoms with van der Waals surface area (Å²) in [5.41, 5.74) is 7.23. The molecule has 3 aromatic rings. The average molecular weight is 741 g/mol. The molecule has 0 aromatic heterocycles. The van der Waals surface area contributed by atoms with Crippen molar-refractivity contribution in [1.82, 2.24) is 9.80 Å². The van der Waals surface area contributed by atoms with E-state index in [1.807, 2.05) is 6.92 Å². The molecule has 4 rings (SSSR count). The van der Waals surface area contributed by atoms with Crippen LogP contribution in [0.5, 0.6) is 5.75 Å². The molecule has 0 saturated carbocycles. The first-order valence-corrected chi connectivity index (χ1v) is 17.5. The summed E-state index contributed by atoms with van der Waals surface area (Å²) in [5, 5.41) is 18.2. The van der Waals surface area contributed by atoms with Crippen LogP contribution in [0.2, 0.25) is 0 Å². The van der Waals surface area contributed by atoms with Gasteiger partial charge in [0.1, 0.15) is 11.9 Å². The van der Waals surface area contributed by atoms with Crippen molar-refractivity contribution < 1.29 is 42.2 Å². The van der Waals surface area contributed by atoms with Crippen LogP contribution < -0.4 is 26.4 Å². The maximum absolute atomic E-state index is 13.6. The number of unbranched alkanes of at least 4 members (excludes halogenated alkanes) is 2. The number of anilines is 4. The molecule has 0 fully saturated rings. The van der Waals surface area contributed by atoms with Gasteiger partial charge in [0, 0.05) is 49.3 Å². The van der Waals surface area contributed by atoms with Gasteiger partial charge in [-0.3, -0.25) is 14.4 Å². The van der Waals surface area contributed by atoms with Gasteiger partial charge < -0.3 is 41.3 Å². The van der Waals surface area contributed by atoms with Gasteiger partial charge in [0.25, 0.3) is 0 Å². The molecule has 53 heavy (non-hydrogen) atoms. The fraction of sp³-hybridized carbons (Fsp3) is 0.421. The van der Waals surface area contributed by atoms with Crippen molar-refractivity contribution in [1.29, 1.82) is 0 Å². The highest BCUT2D eigenvalue weighted by Gasteiger charge is 2.33. The number of hydrogen-bond donors (Lipinski definition) is 5. The summed E-state index contributed by atoms with van der Waals surface area (Å²) in [6.07, 6.45) is -2.87. The van der Waals surface area contributed by atoms with E-state index < -0.39 is 29.9 Å². The van der Waals surface area contributed by atoms with Crippen molar-refractivity contribution in [2.45, 2.75) is 70.7 Å². The molecule has 286 valence electrons.